The molecule has 1 aliphatic carbocycles. The average Bonchev–Trinajstić information content (AvgIpc) is 3.04. The fourth-order valence-electron chi connectivity index (χ4n) is 1.53. The predicted octanol–water partition coefficient (Wildman–Crippen LogP) is 1.26. The van der Waals surface area contributed by atoms with Crippen molar-refractivity contribution in [3.8, 4) is 0 Å². The Morgan fingerprint density at radius 1 is 1.47 bits per heavy atom. The van der Waals surface area contributed by atoms with Crippen molar-refractivity contribution in [2.45, 2.75) is 31.6 Å². The van der Waals surface area contributed by atoms with Gasteiger partial charge in [0.05, 0.1) is 0 Å². The highest BCUT2D eigenvalue weighted by molar-refractivity contribution is 6.31. The number of imide groups is 1. The summed E-state index contributed by atoms with van der Waals surface area (Å²) in [4.78, 5) is 22.5. The van der Waals surface area contributed by atoms with Crippen molar-refractivity contribution in [3.63, 3.8) is 0 Å². The van der Waals surface area contributed by atoms with Gasteiger partial charge < -0.3 is 10.1 Å². The van der Waals surface area contributed by atoms with E-state index in [1.165, 1.54) is 6.92 Å². The van der Waals surface area contributed by atoms with Gasteiger partial charge in [-0.3, -0.25) is 10.1 Å². The number of rotatable bonds is 6. The van der Waals surface area contributed by atoms with Gasteiger partial charge in [0.1, 0.15) is 5.38 Å². The number of alkyl halides is 1. The molecule has 0 saturated heterocycles. The third kappa shape index (κ3) is 4.91. The van der Waals surface area contributed by atoms with Crippen LogP contribution in [0, 0.1) is 5.41 Å². The molecule has 1 saturated carbocycles. The molecule has 98 valence electrons. The van der Waals surface area contributed by atoms with Crippen LogP contribution >= 0.6 is 11.6 Å². The lowest BCUT2D eigenvalue weighted by Gasteiger charge is -2.15. The van der Waals surface area contributed by atoms with E-state index in [-0.39, 0.29) is 5.41 Å². The molecular weight excluding hydrogens is 244 g/mol. The predicted molar refractivity (Wildman–Crippen MR) is 65.0 cm³/mol. The molecule has 0 bridgehead atoms. The van der Waals surface area contributed by atoms with Crippen molar-refractivity contribution < 1.29 is 14.3 Å². The Morgan fingerprint density at radius 3 is 2.59 bits per heavy atom. The van der Waals surface area contributed by atoms with Crippen LogP contribution in [0.3, 0.4) is 0 Å². The van der Waals surface area contributed by atoms with Crippen LogP contribution in [0.25, 0.3) is 0 Å². The molecular formula is C11H19ClN2O3. The van der Waals surface area contributed by atoms with Crippen LogP contribution in [0.4, 0.5) is 4.79 Å². The molecule has 0 heterocycles. The Bertz CT molecular complexity index is 290. The van der Waals surface area contributed by atoms with Gasteiger partial charge in [0.2, 0.25) is 5.91 Å². The zero-order valence-electron chi connectivity index (χ0n) is 10.2. The van der Waals surface area contributed by atoms with E-state index in [4.69, 9.17) is 16.3 Å². The summed E-state index contributed by atoms with van der Waals surface area (Å²) >= 11 is 5.53. The van der Waals surface area contributed by atoms with E-state index >= 15 is 0 Å². The molecule has 17 heavy (non-hydrogen) atoms. The highest BCUT2D eigenvalue weighted by atomic mass is 35.5. The van der Waals surface area contributed by atoms with Crippen molar-refractivity contribution in [3.05, 3.63) is 0 Å². The highest BCUT2D eigenvalue weighted by Crippen LogP contribution is 2.48. The molecule has 0 spiro atoms. The first-order valence-electron chi connectivity index (χ1n) is 5.71. The van der Waals surface area contributed by atoms with E-state index in [9.17, 15) is 9.59 Å². The monoisotopic (exact) mass is 262 g/mol. The maximum absolute atomic E-state index is 11.4. The second-order valence-electron chi connectivity index (χ2n) is 4.53. The Morgan fingerprint density at radius 2 is 2.12 bits per heavy atom. The minimum Gasteiger partial charge on any atom is -0.385 e. The molecule has 5 nitrogen and oxygen atoms in total. The molecule has 0 aromatic carbocycles. The molecule has 3 amide bonds. The van der Waals surface area contributed by atoms with Gasteiger partial charge in [-0.1, -0.05) is 0 Å². The number of urea groups is 1. The molecule has 1 aliphatic rings. The first kappa shape index (κ1) is 14.3. The lowest BCUT2D eigenvalue weighted by atomic mass is 10.0. The number of nitrogens with one attached hydrogen (secondary N) is 2. The maximum atomic E-state index is 11.4. The summed E-state index contributed by atoms with van der Waals surface area (Å²) in [5.41, 5.74) is 0.170. The molecule has 1 atom stereocenters. The van der Waals surface area contributed by atoms with E-state index in [1.807, 2.05) is 0 Å². The number of carbonyl (C=O) groups excluding carboxylic acids is 2. The van der Waals surface area contributed by atoms with E-state index in [2.05, 4.69) is 10.6 Å². The number of carbonyl (C=O) groups is 2. The summed E-state index contributed by atoms with van der Waals surface area (Å²) in [5, 5.41) is 4.17. The third-order valence-electron chi connectivity index (χ3n) is 3.02. The van der Waals surface area contributed by atoms with Crippen LogP contribution in [-0.4, -0.2) is 37.6 Å². The lowest BCUT2D eigenvalue weighted by Crippen LogP contribution is -2.44. The summed E-state index contributed by atoms with van der Waals surface area (Å²) in [7, 11) is 1.66. The Balaban J connectivity index is 2.22. The molecule has 1 rings (SSSR count). The molecule has 6 heteroatoms. The number of ether oxygens (including phenoxy) is 1. The number of amides is 3. The van der Waals surface area contributed by atoms with Crippen LogP contribution < -0.4 is 10.6 Å². The van der Waals surface area contributed by atoms with Gasteiger partial charge in [-0.15, -0.1) is 11.6 Å². The van der Waals surface area contributed by atoms with E-state index in [0.29, 0.717) is 13.2 Å². The summed E-state index contributed by atoms with van der Waals surface area (Å²) in [6, 6.07) is -0.480. The van der Waals surface area contributed by atoms with Gasteiger partial charge in [0, 0.05) is 20.3 Å². The largest absolute Gasteiger partial charge is 0.385 e. The van der Waals surface area contributed by atoms with Gasteiger partial charge in [0.25, 0.3) is 0 Å². The quantitative estimate of drug-likeness (QED) is 0.708. The van der Waals surface area contributed by atoms with Gasteiger partial charge in [-0.05, 0) is 31.6 Å². The van der Waals surface area contributed by atoms with Crippen LogP contribution in [0.2, 0.25) is 0 Å². The fraction of sp³-hybridized carbons (Fsp3) is 0.818. The van der Waals surface area contributed by atoms with Crippen LogP contribution in [0.5, 0.6) is 0 Å². The first-order chi connectivity index (χ1) is 7.99. The van der Waals surface area contributed by atoms with Gasteiger partial charge in [-0.2, -0.15) is 0 Å². The number of methoxy groups -OCH3 is 1. The highest BCUT2D eigenvalue weighted by Gasteiger charge is 2.42. The first-order valence-corrected chi connectivity index (χ1v) is 6.14. The van der Waals surface area contributed by atoms with Crippen LogP contribution in [0.15, 0.2) is 0 Å². The summed E-state index contributed by atoms with van der Waals surface area (Å²) in [6.07, 6.45) is 3.12. The second kappa shape index (κ2) is 6.21. The Labute approximate surface area is 106 Å². The van der Waals surface area contributed by atoms with Crippen molar-refractivity contribution >= 4 is 23.5 Å². The van der Waals surface area contributed by atoms with Crippen molar-refractivity contribution in [1.82, 2.24) is 10.6 Å². The van der Waals surface area contributed by atoms with E-state index in [0.717, 1.165) is 19.3 Å². The zero-order valence-corrected chi connectivity index (χ0v) is 11.0. The Kier molecular flexibility index (Phi) is 5.21. The molecule has 0 aliphatic heterocycles. The number of hydrogen-bond donors (Lipinski definition) is 2. The average molecular weight is 263 g/mol. The minimum absolute atomic E-state index is 0.170. The third-order valence-corrected chi connectivity index (χ3v) is 3.21. The molecule has 2 N–H and O–H groups in total. The minimum atomic E-state index is -0.705. The van der Waals surface area contributed by atoms with Crippen LogP contribution in [0.1, 0.15) is 26.2 Å². The SMILES string of the molecule is COCCC1(CNC(=O)NC(=O)C(C)Cl)CC1. The lowest BCUT2D eigenvalue weighted by molar-refractivity contribution is -0.119. The maximum Gasteiger partial charge on any atom is 0.321 e. The smallest absolute Gasteiger partial charge is 0.321 e. The molecule has 0 aromatic heterocycles. The molecule has 1 unspecified atom stereocenters. The topological polar surface area (TPSA) is 67.4 Å². The van der Waals surface area contributed by atoms with Crippen LogP contribution in [-0.2, 0) is 9.53 Å². The van der Waals surface area contributed by atoms with Crippen molar-refractivity contribution in [1.29, 1.82) is 0 Å². The summed E-state index contributed by atoms with van der Waals surface area (Å²) in [6.45, 7) is 2.79. The molecule has 0 radical (unpaired) electrons. The standard InChI is InChI=1S/C11H19ClN2O3/c1-8(12)9(15)14-10(16)13-7-11(3-4-11)5-6-17-2/h8H,3-7H2,1-2H3,(H2,13,14,15,16). The Hall–Kier alpha value is -0.810. The number of hydrogen-bond acceptors (Lipinski definition) is 3. The normalized spacial score (nSPS) is 18.3. The summed E-state index contributed by atoms with van der Waals surface area (Å²) in [5.74, 6) is -0.481. The molecule has 1 fully saturated rings. The second-order valence-corrected chi connectivity index (χ2v) is 5.19. The van der Waals surface area contributed by atoms with Crippen molar-refractivity contribution in [2.24, 2.45) is 5.41 Å². The van der Waals surface area contributed by atoms with Crippen molar-refractivity contribution in [2.75, 3.05) is 20.3 Å². The zero-order chi connectivity index (χ0) is 12.9. The number of halogens is 1. The van der Waals surface area contributed by atoms with Gasteiger partial charge in [0.15, 0.2) is 0 Å². The van der Waals surface area contributed by atoms with E-state index in [1.54, 1.807) is 7.11 Å². The van der Waals surface area contributed by atoms with E-state index < -0.39 is 17.3 Å². The summed E-state index contributed by atoms with van der Waals surface area (Å²) < 4.78 is 5.02. The van der Waals surface area contributed by atoms with Gasteiger partial charge >= 0.3 is 6.03 Å². The van der Waals surface area contributed by atoms with Gasteiger partial charge in [-0.25, -0.2) is 4.79 Å². The fourth-order valence-corrected chi connectivity index (χ4v) is 1.59. The molecule has 0 aromatic rings.